The van der Waals surface area contributed by atoms with Crippen LogP contribution in [0.4, 0.5) is 10.2 Å². The van der Waals surface area contributed by atoms with E-state index in [0.29, 0.717) is 41.1 Å². The maximum atomic E-state index is 14.1. The average Bonchev–Trinajstić information content (AvgIpc) is 3.31. The van der Waals surface area contributed by atoms with Gasteiger partial charge < -0.3 is 4.90 Å². The molecule has 0 radical (unpaired) electrons. The van der Waals surface area contributed by atoms with Gasteiger partial charge in [-0.1, -0.05) is 35.4 Å². The van der Waals surface area contributed by atoms with Gasteiger partial charge in [-0.2, -0.15) is 12.5 Å². The first kappa shape index (κ1) is 18.9. The lowest BCUT2D eigenvalue weighted by Gasteiger charge is -2.38. The average molecular weight is 434 g/mol. The smallest absolute Gasteiger partial charge is 0.283 e. The molecule has 5 rings (SSSR count). The van der Waals surface area contributed by atoms with Crippen molar-refractivity contribution >= 4 is 38.3 Å². The molecule has 2 fully saturated rings. The van der Waals surface area contributed by atoms with Gasteiger partial charge >= 0.3 is 0 Å². The zero-order valence-electron chi connectivity index (χ0n) is 16.0. The lowest BCUT2D eigenvalue weighted by molar-refractivity contribution is 0.236. The van der Waals surface area contributed by atoms with Crippen LogP contribution in [0.25, 0.3) is 10.9 Å². The highest BCUT2D eigenvalue weighted by Gasteiger charge is 2.53. The van der Waals surface area contributed by atoms with Gasteiger partial charge in [0.25, 0.3) is 10.0 Å². The number of aryl methyl sites for hydroxylation is 1. The summed E-state index contributed by atoms with van der Waals surface area (Å²) in [5, 5.41) is 5.60. The maximum absolute atomic E-state index is 14.1. The highest BCUT2D eigenvalue weighted by Crippen LogP contribution is 2.52. The van der Waals surface area contributed by atoms with E-state index < -0.39 is 16.2 Å². The molecule has 0 amide bonds. The highest BCUT2D eigenvalue weighted by molar-refractivity contribution is 7.90. The molecule has 29 heavy (non-hydrogen) atoms. The number of nitrogens with zero attached hydrogens (tertiary/aromatic N) is 3. The van der Waals surface area contributed by atoms with Crippen molar-refractivity contribution in [3.8, 4) is 0 Å². The Labute approximate surface area is 174 Å². The summed E-state index contributed by atoms with van der Waals surface area (Å²) in [6, 6.07) is 11.9. The number of benzene rings is 2. The topological polar surface area (TPSA) is 55.2 Å². The van der Waals surface area contributed by atoms with E-state index in [0.717, 1.165) is 22.5 Å². The minimum absolute atomic E-state index is 0.169. The molecule has 1 aliphatic carbocycles. The largest absolute Gasteiger partial charge is 0.349 e. The van der Waals surface area contributed by atoms with Gasteiger partial charge in [0.1, 0.15) is 6.17 Å². The molecule has 5 nitrogen and oxygen atoms in total. The summed E-state index contributed by atoms with van der Waals surface area (Å²) in [5.74, 6) is 0.533. The molecular formula is C21H21ClFN3O2S. The van der Waals surface area contributed by atoms with E-state index in [-0.39, 0.29) is 10.4 Å². The Morgan fingerprint density at radius 2 is 1.90 bits per heavy atom. The Balaban J connectivity index is 1.71. The molecule has 2 aliphatic rings. The van der Waals surface area contributed by atoms with Gasteiger partial charge in [0, 0.05) is 18.5 Å². The molecule has 1 unspecified atom stereocenters. The Bertz CT molecular complexity index is 1200. The second-order valence-corrected chi connectivity index (χ2v) is 10.3. The van der Waals surface area contributed by atoms with Crippen LogP contribution in [0.1, 0.15) is 31.2 Å². The Hall–Kier alpha value is -2.12. The SMILES string of the molecule is Cc1ccc(S(=O)(=O)n2nc(N3CCC(F)CC34CC4)c3c(Cl)cccc32)cc1. The van der Waals surface area contributed by atoms with Crippen molar-refractivity contribution in [2.24, 2.45) is 0 Å². The number of anilines is 1. The summed E-state index contributed by atoms with van der Waals surface area (Å²) in [6.07, 6.45) is 1.81. The van der Waals surface area contributed by atoms with Crippen LogP contribution in [0.5, 0.6) is 0 Å². The molecule has 1 atom stereocenters. The Kier molecular flexibility index (Phi) is 4.19. The van der Waals surface area contributed by atoms with E-state index in [9.17, 15) is 12.8 Å². The molecule has 1 saturated carbocycles. The normalized spacial score (nSPS) is 21.1. The summed E-state index contributed by atoms with van der Waals surface area (Å²) in [7, 11) is -3.90. The predicted octanol–water partition coefficient (Wildman–Crippen LogP) is 4.71. The number of alkyl halides is 1. The number of fused-ring (bicyclic) bond motifs is 1. The van der Waals surface area contributed by atoms with Gasteiger partial charge in [0.2, 0.25) is 0 Å². The fourth-order valence-corrected chi connectivity index (χ4v) is 5.88. The standard InChI is InChI=1S/C21H21ClFN3O2S/c1-14-5-7-16(8-6-14)29(27,28)26-18-4-2-3-17(22)19(18)20(24-26)25-12-9-15(23)13-21(25)10-11-21/h2-8,15H,9-13H2,1H3. The highest BCUT2D eigenvalue weighted by atomic mass is 35.5. The molecule has 1 aliphatic heterocycles. The number of hydrogen-bond acceptors (Lipinski definition) is 4. The molecular weight excluding hydrogens is 413 g/mol. The van der Waals surface area contributed by atoms with Crippen LogP contribution < -0.4 is 4.90 Å². The predicted molar refractivity (Wildman–Crippen MR) is 112 cm³/mol. The number of rotatable bonds is 3. The zero-order valence-corrected chi connectivity index (χ0v) is 17.5. The van der Waals surface area contributed by atoms with E-state index in [1.807, 2.05) is 6.92 Å². The quantitative estimate of drug-likeness (QED) is 0.600. The molecule has 1 aromatic heterocycles. The lowest BCUT2D eigenvalue weighted by Crippen LogP contribution is -2.45. The van der Waals surface area contributed by atoms with Crippen molar-refractivity contribution in [3.63, 3.8) is 0 Å². The van der Waals surface area contributed by atoms with Crippen molar-refractivity contribution in [3.05, 3.63) is 53.1 Å². The van der Waals surface area contributed by atoms with E-state index in [1.165, 1.54) is 0 Å². The minimum Gasteiger partial charge on any atom is -0.349 e. The van der Waals surface area contributed by atoms with E-state index >= 15 is 0 Å². The third-order valence-electron chi connectivity index (χ3n) is 6.08. The van der Waals surface area contributed by atoms with Gasteiger partial charge in [-0.3, -0.25) is 0 Å². The van der Waals surface area contributed by atoms with Crippen LogP contribution in [0.2, 0.25) is 5.02 Å². The molecule has 1 spiro atoms. The first-order chi connectivity index (χ1) is 13.8. The Morgan fingerprint density at radius 3 is 2.59 bits per heavy atom. The second kappa shape index (κ2) is 6.44. The van der Waals surface area contributed by atoms with Crippen LogP contribution in [0.3, 0.4) is 0 Å². The fourth-order valence-electron chi connectivity index (χ4n) is 4.35. The van der Waals surface area contributed by atoms with Crippen molar-refractivity contribution in [2.45, 2.75) is 49.2 Å². The molecule has 1 saturated heterocycles. The fraction of sp³-hybridized carbons (Fsp3) is 0.381. The van der Waals surface area contributed by atoms with Crippen molar-refractivity contribution in [1.82, 2.24) is 9.19 Å². The monoisotopic (exact) mass is 433 g/mol. The summed E-state index contributed by atoms with van der Waals surface area (Å²) in [4.78, 5) is 2.25. The summed E-state index contributed by atoms with van der Waals surface area (Å²) in [6.45, 7) is 2.41. The van der Waals surface area contributed by atoms with Gasteiger partial charge in [-0.05, 0) is 50.5 Å². The molecule has 3 aromatic rings. The van der Waals surface area contributed by atoms with E-state index in [1.54, 1.807) is 42.5 Å². The number of piperidine rings is 1. The zero-order chi connectivity index (χ0) is 20.4. The summed E-state index contributed by atoms with van der Waals surface area (Å²) < 4.78 is 41.9. The second-order valence-electron chi connectivity index (χ2n) is 8.08. The van der Waals surface area contributed by atoms with Gasteiger partial charge in [-0.15, -0.1) is 5.10 Å². The minimum atomic E-state index is -3.90. The van der Waals surface area contributed by atoms with Crippen LogP contribution in [0, 0.1) is 6.92 Å². The first-order valence-electron chi connectivity index (χ1n) is 9.73. The van der Waals surface area contributed by atoms with Crippen LogP contribution in [0.15, 0.2) is 47.4 Å². The molecule has 2 heterocycles. The third kappa shape index (κ3) is 2.94. The lowest BCUT2D eigenvalue weighted by atomic mass is 9.98. The van der Waals surface area contributed by atoms with Gasteiger partial charge in [0.05, 0.1) is 20.8 Å². The van der Waals surface area contributed by atoms with Gasteiger partial charge in [0.15, 0.2) is 5.82 Å². The van der Waals surface area contributed by atoms with Crippen LogP contribution in [-0.4, -0.2) is 35.9 Å². The summed E-state index contributed by atoms with van der Waals surface area (Å²) >= 11 is 6.50. The Morgan fingerprint density at radius 1 is 1.17 bits per heavy atom. The molecule has 0 N–H and O–H groups in total. The third-order valence-corrected chi connectivity index (χ3v) is 7.99. The van der Waals surface area contributed by atoms with Crippen LogP contribution >= 0.6 is 11.6 Å². The molecule has 2 aromatic carbocycles. The molecule has 152 valence electrons. The number of hydrogen-bond donors (Lipinski definition) is 0. The van der Waals surface area contributed by atoms with Crippen molar-refractivity contribution in [1.29, 1.82) is 0 Å². The summed E-state index contributed by atoms with van der Waals surface area (Å²) in [5.41, 5.74) is 1.14. The molecule has 0 bridgehead atoms. The number of halogens is 2. The van der Waals surface area contributed by atoms with E-state index in [2.05, 4.69) is 10.00 Å². The van der Waals surface area contributed by atoms with E-state index in [4.69, 9.17) is 11.6 Å². The first-order valence-corrected chi connectivity index (χ1v) is 11.5. The van der Waals surface area contributed by atoms with Crippen molar-refractivity contribution < 1.29 is 12.8 Å². The van der Waals surface area contributed by atoms with Crippen LogP contribution in [-0.2, 0) is 10.0 Å². The molecule has 8 heteroatoms. The van der Waals surface area contributed by atoms with Gasteiger partial charge in [-0.25, -0.2) is 4.39 Å². The maximum Gasteiger partial charge on any atom is 0.283 e. The van der Waals surface area contributed by atoms with Crippen molar-refractivity contribution in [2.75, 3.05) is 11.4 Å². The number of aromatic nitrogens is 2.